The maximum Gasteiger partial charge on any atom is 0.303 e. The topological polar surface area (TPSA) is 95.5 Å². The molecule has 6 nitrogen and oxygen atoms in total. The number of carbonyl (C=O) groups excluding carboxylic acids is 2. The van der Waals surface area contributed by atoms with E-state index in [1.54, 1.807) is 20.8 Å². The minimum atomic E-state index is -1.05. The van der Waals surface area contributed by atoms with E-state index in [0.717, 1.165) is 0 Å². The normalized spacial score (nSPS) is 10.6. The van der Waals surface area contributed by atoms with Gasteiger partial charge in [0.25, 0.3) is 0 Å². The van der Waals surface area contributed by atoms with Crippen LogP contribution in [0.1, 0.15) is 33.6 Å². The number of hydrogen-bond donors (Lipinski definition) is 3. The molecule has 0 unspecified atom stereocenters. The fraction of sp³-hybridized carbons (Fsp3) is 0.667. The Morgan fingerprint density at radius 3 is 2.00 bits per heavy atom. The van der Waals surface area contributed by atoms with E-state index >= 15 is 0 Å². The van der Waals surface area contributed by atoms with Crippen LogP contribution in [0.3, 0.4) is 0 Å². The van der Waals surface area contributed by atoms with Gasteiger partial charge in [0, 0.05) is 11.8 Å². The Morgan fingerprint density at radius 1 is 1.07 bits per heavy atom. The minimum absolute atomic E-state index is 0.153. The van der Waals surface area contributed by atoms with Crippen molar-refractivity contribution < 1.29 is 19.5 Å². The van der Waals surface area contributed by atoms with Gasteiger partial charge in [-0.2, -0.15) is 0 Å². The molecule has 0 aliphatic carbocycles. The largest absolute Gasteiger partial charge is 0.481 e. The minimum Gasteiger partial charge on any atom is -0.481 e. The number of hydrazine groups is 1. The van der Waals surface area contributed by atoms with Crippen molar-refractivity contribution in [2.75, 3.05) is 0 Å². The van der Waals surface area contributed by atoms with E-state index in [4.69, 9.17) is 5.11 Å². The average Bonchev–Trinajstić information content (AvgIpc) is 2.09. The highest BCUT2D eigenvalue weighted by atomic mass is 16.4. The van der Waals surface area contributed by atoms with Gasteiger partial charge in [0.2, 0.25) is 11.8 Å². The van der Waals surface area contributed by atoms with Gasteiger partial charge in [-0.3, -0.25) is 25.2 Å². The fourth-order valence-corrected chi connectivity index (χ4v) is 0.597. The zero-order chi connectivity index (χ0) is 12.1. The average molecular weight is 216 g/mol. The van der Waals surface area contributed by atoms with Crippen LogP contribution in [0.5, 0.6) is 0 Å². The Bertz CT molecular complexity index is 268. The zero-order valence-corrected chi connectivity index (χ0v) is 9.09. The van der Waals surface area contributed by atoms with E-state index < -0.39 is 17.3 Å². The molecule has 0 saturated carbocycles. The molecule has 0 aliphatic heterocycles. The number of rotatable bonds is 3. The van der Waals surface area contributed by atoms with Crippen LogP contribution >= 0.6 is 0 Å². The molecule has 0 saturated heterocycles. The molecule has 0 spiro atoms. The second-order valence-corrected chi connectivity index (χ2v) is 4.15. The Hall–Kier alpha value is -1.59. The third-order valence-corrected chi connectivity index (χ3v) is 1.56. The van der Waals surface area contributed by atoms with Gasteiger partial charge in [0.05, 0.1) is 6.42 Å². The van der Waals surface area contributed by atoms with Crippen molar-refractivity contribution in [1.29, 1.82) is 0 Å². The second kappa shape index (κ2) is 5.33. The highest BCUT2D eigenvalue weighted by Gasteiger charge is 2.21. The molecule has 6 heteroatoms. The van der Waals surface area contributed by atoms with Crippen molar-refractivity contribution in [3.05, 3.63) is 0 Å². The summed E-state index contributed by atoms with van der Waals surface area (Å²) in [4.78, 5) is 32.4. The lowest BCUT2D eigenvalue weighted by molar-refractivity contribution is -0.139. The van der Waals surface area contributed by atoms with Gasteiger partial charge in [0.15, 0.2) is 0 Å². The summed E-state index contributed by atoms with van der Waals surface area (Å²) in [6, 6.07) is 0. The van der Waals surface area contributed by atoms with Crippen molar-refractivity contribution in [2.24, 2.45) is 5.41 Å². The molecular formula is C9H16N2O4. The van der Waals surface area contributed by atoms with Gasteiger partial charge in [-0.1, -0.05) is 20.8 Å². The molecule has 86 valence electrons. The summed E-state index contributed by atoms with van der Waals surface area (Å²) in [6.45, 7) is 5.10. The second-order valence-electron chi connectivity index (χ2n) is 4.15. The molecule has 0 aliphatic rings. The van der Waals surface area contributed by atoms with Crippen molar-refractivity contribution in [3.8, 4) is 0 Å². The molecule has 15 heavy (non-hydrogen) atoms. The van der Waals surface area contributed by atoms with E-state index in [-0.39, 0.29) is 18.7 Å². The van der Waals surface area contributed by atoms with Gasteiger partial charge in [0.1, 0.15) is 0 Å². The first-order chi connectivity index (χ1) is 6.73. The van der Waals surface area contributed by atoms with Crippen LogP contribution in [0.25, 0.3) is 0 Å². The summed E-state index contributed by atoms with van der Waals surface area (Å²) in [5.74, 6) is -1.89. The molecule has 0 aromatic heterocycles. The molecule has 3 N–H and O–H groups in total. The number of carbonyl (C=O) groups is 3. The molecule has 0 aromatic rings. The molecule has 0 aromatic carbocycles. The SMILES string of the molecule is CC(C)(C)C(=O)NNC(=O)CCC(=O)O. The molecule has 0 radical (unpaired) electrons. The number of nitrogens with one attached hydrogen (secondary N) is 2. The van der Waals surface area contributed by atoms with Crippen LogP contribution in [0.15, 0.2) is 0 Å². The van der Waals surface area contributed by atoms with E-state index in [1.807, 2.05) is 0 Å². The Balaban J connectivity index is 3.82. The standard InChI is InChI=1S/C9H16N2O4/c1-9(2,3)8(15)11-10-6(12)4-5-7(13)14/h4-5H2,1-3H3,(H,10,12)(H,11,15)(H,13,14). The van der Waals surface area contributed by atoms with Crippen LogP contribution in [0.2, 0.25) is 0 Å². The lowest BCUT2D eigenvalue weighted by atomic mass is 9.96. The van der Waals surface area contributed by atoms with Crippen molar-refractivity contribution >= 4 is 17.8 Å². The third-order valence-electron chi connectivity index (χ3n) is 1.56. The van der Waals surface area contributed by atoms with Crippen molar-refractivity contribution in [1.82, 2.24) is 10.9 Å². The Kier molecular flexibility index (Phi) is 4.77. The Labute approximate surface area is 88.0 Å². The van der Waals surface area contributed by atoms with Crippen LogP contribution < -0.4 is 10.9 Å². The Morgan fingerprint density at radius 2 is 1.60 bits per heavy atom. The highest BCUT2D eigenvalue weighted by molar-refractivity contribution is 5.86. The summed E-state index contributed by atoms with van der Waals surface area (Å²) in [6.07, 6.45) is -0.406. The molecule has 0 rings (SSSR count). The van der Waals surface area contributed by atoms with Gasteiger partial charge in [-0.05, 0) is 0 Å². The predicted octanol–water partition coefficient (Wildman–Crippen LogP) is 0.0447. The molecule has 0 bridgehead atoms. The summed E-state index contributed by atoms with van der Waals surface area (Å²) in [5.41, 5.74) is 3.76. The predicted molar refractivity (Wildman–Crippen MR) is 52.6 cm³/mol. The fourth-order valence-electron chi connectivity index (χ4n) is 0.597. The lowest BCUT2D eigenvalue weighted by Crippen LogP contribution is -2.46. The zero-order valence-electron chi connectivity index (χ0n) is 9.09. The van der Waals surface area contributed by atoms with Crippen molar-refractivity contribution in [2.45, 2.75) is 33.6 Å². The van der Waals surface area contributed by atoms with Crippen LogP contribution in [0, 0.1) is 5.41 Å². The number of carboxylic acid groups (broad SMARTS) is 1. The first-order valence-corrected chi connectivity index (χ1v) is 4.54. The highest BCUT2D eigenvalue weighted by Crippen LogP contribution is 2.11. The smallest absolute Gasteiger partial charge is 0.303 e. The van der Waals surface area contributed by atoms with Crippen LogP contribution in [-0.2, 0) is 14.4 Å². The van der Waals surface area contributed by atoms with E-state index in [2.05, 4.69) is 10.9 Å². The molecule has 0 fully saturated rings. The van der Waals surface area contributed by atoms with E-state index in [1.165, 1.54) is 0 Å². The number of carboxylic acids is 1. The number of aliphatic carboxylic acids is 1. The van der Waals surface area contributed by atoms with E-state index in [9.17, 15) is 14.4 Å². The molecule has 2 amide bonds. The summed E-state index contributed by atoms with van der Waals surface area (Å²) in [7, 11) is 0. The van der Waals surface area contributed by atoms with Crippen LogP contribution in [0.4, 0.5) is 0 Å². The summed E-state index contributed by atoms with van der Waals surface area (Å²) in [5, 5.41) is 8.30. The monoisotopic (exact) mass is 216 g/mol. The maximum atomic E-state index is 11.3. The molecule has 0 heterocycles. The third kappa shape index (κ3) is 6.48. The number of hydrogen-bond acceptors (Lipinski definition) is 3. The molecule has 0 atom stereocenters. The first kappa shape index (κ1) is 13.4. The quantitative estimate of drug-likeness (QED) is 0.580. The van der Waals surface area contributed by atoms with Crippen molar-refractivity contribution in [3.63, 3.8) is 0 Å². The van der Waals surface area contributed by atoms with Gasteiger partial charge in [-0.15, -0.1) is 0 Å². The van der Waals surface area contributed by atoms with Gasteiger partial charge >= 0.3 is 5.97 Å². The summed E-state index contributed by atoms with van der Waals surface area (Å²) < 4.78 is 0. The van der Waals surface area contributed by atoms with Crippen LogP contribution in [-0.4, -0.2) is 22.9 Å². The number of amides is 2. The maximum absolute atomic E-state index is 11.3. The lowest BCUT2D eigenvalue weighted by Gasteiger charge is -2.17. The summed E-state index contributed by atoms with van der Waals surface area (Å²) >= 11 is 0. The first-order valence-electron chi connectivity index (χ1n) is 4.54. The molecular weight excluding hydrogens is 200 g/mol. The van der Waals surface area contributed by atoms with Gasteiger partial charge < -0.3 is 5.11 Å². The van der Waals surface area contributed by atoms with Gasteiger partial charge in [-0.25, -0.2) is 0 Å². The van der Waals surface area contributed by atoms with E-state index in [0.29, 0.717) is 0 Å².